The lowest BCUT2D eigenvalue weighted by Gasteiger charge is -2.39. The average molecular weight is 392 g/mol. The molecule has 0 bridgehead atoms. The van der Waals surface area contributed by atoms with E-state index in [0.29, 0.717) is 5.56 Å². The fourth-order valence-corrected chi connectivity index (χ4v) is 4.40. The lowest BCUT2D eigenvalue weighted by Crippen LogP contribution is -2.45. The van der Waals surface area contributed by atoms with E-state index in [1.54, 1.807) is 12.1 Å². The summed E-state index contributed by atoms with van der Waals surface area (Å²) in [5.41, 5.74) is 4.29. The van der Waals surface area contributed by atoms with E-state index < -0.39 is 5.41 Å². The van der Waals surface area contributed by atoms with Crippen molar-refractivity contribution in [2.75, 3.05) is 0 Å². The Morgan fingerprint density at radius 1 is 1.24 bits per heavy atom. The summed E-state index contributed by atoms with van der Waals surface area (Å²) in [5, 5.41) is 4.06. The molecule has 3 aromatic rings. The van der Waals surface area contributed by atoms with Gasteiger partial charge in [-0.15, -0.1) is 0 Å². The van der Waals surface area contributed by atoms with Gasteiger partial charge in [-0.3, -0.25) is 4.79 Å². The van der Waals surface area contributed by atoms with E-state index in [4.69, 9.17) is 4.98 Å². The summed E-state index contributed by atoms with van der Waals surface area (Å²) in [7, 11) is 0. The van der Waals surface area contributed by atoms with Crippen molar-refractivity contribution in [3.63, 3.8) is 0 Å². The van der Waals surface area contributed by atoms with Crippen LogP contribution < -0.4 is 5.43 Å². The van der Waals surface area contributed by atoms with Crippen molar-refractivity contribution in [2.24, 2.45) is 15.9 Å². The zero-order valence-electron chi connectivity index (χ0n) is 16.9. The largest absolute Gasteiger partial charge is 0.342 e. The first kappa shape index (κ1) is 19.3. The number of imidazole rings is 1. The number of fused-ring (bicyclic) bond motifs is 1. The predicted molar refractivity (Wildman–Crippen MR) is 112 cm³/mol. The molecule has 1 fully saturated rings. The van der Waals surface area contributed by atoms with Crippen molar-refractivity contribution in [2.45, 2.75) is 39.5 Å². The number of aromatic amines is 1. The van der Waals surface area contributed by atoms with Crippen LogP contribution in [0.5, 0.6) is 0 Å². The number of nitrogens with one attached hydrogen (secondary N) is 2. The van der Waals surface area contributed by atoms with Crippen LogP contribution in [0.2, 0.25) is 0 Å². The Hall–Kier alpha value is -3.02. The van der Waals surface area contributed by atoms with Gasteiger partial charge in [0.2, 0.25) is 5.91 Å². The standard InChI is InChI=1S/C23H25FN4O/c1-22(2)17(20-26-18-9-4-5-10-19(18)27-20)11-12-23(22,3)21(29)28-25-14-15-7-6-8-16(24)13-15/h4-10,13-14,17H,11-12H2,1-3H3,(H,26,27)(H,28,29)/t17-,23+/m0/s1. The van der Waals surface area contributed by atoms with E-state index in [-0.39, 0.29) is 23.1 Å². The second-order valence-electron chi connectivity index (χ2n) is 8.54. The zero-order valence-corrected chi connectivity index (χ0v) is 16.9. The van der Waals surface area contributed by atoms with Gasteiger partial charge in [0.25, 0.3) is 0 Å². The summed E-state index contributed by atoms with van der Waals surface area (Å²) < 4.78 is 13.3. The number of halogens is 1. The predicted octanol–water partition coefficient (Wildman–Crippen LogP) is 4.76. The summed E-state index contributed by atoms with van der Waals surface area (Å²) in [6.45, 7) is 6.23. The number of amides is 1. The van der Waals surface area contributed by atoms with E-state index >= 15 is 0 Å². The molecule has 4 rings (SSSR count). The van der Waals surface area contributed by atoms with Gasteiger partial charge in [-0.1, -0.05) is 45.0 Å². The molecule has 150 valence electrons. The second kappa shape index (κ2) is 7.10. The SMILES string of the molecule is CC1(C)[C@H](c2nc3ccccc3[nH]2)CC[C@]1(C)C(=O)NN=Cc1cccc(F)c1. The number of hydrazone groups is 1. The Balaban J connectivity index is 1.53. The van der Waals surface area contributed by atoms with Gasteiger partial charge in [0.15, 0.2) is 0 Å². The molecule has 29 heavy (non-hydrogen) atoms. The molecule has 1 aromatic heterocycles. The second-order valence-corrected chi connectivity index (χ2v) is 8.54. The number of para-hydroxylation sites is 2. The van der Waals surface area contributed by atoms with Crippen LogP contribution in [0, 0.1) is 16.6 Å². The lowest BCUT2D eigenvalue weighted by molar-refractivity contribution is -0.135. The molecule has 1 saturated carbocycles. The van der Waals surface area contributed by atoms with Crippen LogP contribution >= 0.6 is 0 Å². The fraction of sp³-hybridized carbons (Fsp3) is 0.348. The van der Waals surface area contributed by atoms with Crippen molar-refractivity contribution in [3.05, 3.63) is 65.7 Å². The van der Waals surface area contributed by atoms with Crippen LogP contribution in [-0.2, 0) is 4.79 Å². The molecule has 2 atom stereocenters. The Labute approximate surface area is 169 Å². The minimum absolute atomic E-state index is 0.131. The third-order valence-electron chi connectivity index (χ3n) is 6.69. The van der Waals surface area contributed by atoms with Gasteiger partial charge in [-0.05, 0) is 48.1 Å². The highest BCUT2D eigenvalue weighted by molar-refractivity contribution is 5.86. The Bertz CT molecular complexity index is 1050. The molecule has 0 radical (unpaired) electrons. The van der Waals surface area contributed by atoms with Crippen molar-refractivity contribution < 1.29 is 9.18 Å². The topological polar surface area (TPSA) is 70.1 Å². The molecular formula is C23H25FN4O. The maximum atomic E-state index is 13.3. The average Bonchev–Trinajstić information content (AvgIpc) is 3.20. The summed E-state index contributed by atoms with van der Waals surface area (Å²) in [5.74, 6) is 0.598. The van der Waals surface area contributed by atoms with Crippen LogP contribution in [0.3, 0.4) is 0 Å². The van der Waals surface area contributed by atoms with Gasteiger partial charge >= 0.3 is 0 Å². The molecule has 2 N–H and O–H groups in total. The summed E-state index contributed by atoms with van der Waals surface area (Å²) in [6.07, 6.45) is 3.07. The Morgan fingerprint density at radius 3 is 2.79 bits per heavy atom. The van der Waals surface area contributed by atoms with Crippen molar-refractivity contribution in [1.82, 2.24) is 15.4 Å². The minimum Gasteiger partial charge on any atom is -0.342 e. The molecule has 1 aliphatic rings. The van der Waals surface area contributed by atoms with E-state index in [1.807, 2.05) is 31.2 Å². The van der Waals surface area contributed by atoms with Crippen molar-refractivity contribution in [1.29, 1.82) is 0 Å². The third-order valence-corrected chi connectivity index (χ3v) is 6.69. The zero-order chi connectivity index (χ0) is 20.6. The van der Waals surface area contributed by atoms with Crippen molar-refractivity contribution >= 4 is 23.2 Å². The van der Waals surface area contributed by atoms with E-state index in [0.717, 1.165) is 29.7 Å². The third kappa shape index (κ3) is 3.33. The van der Waals surface area contributed by atoms with Crippen LogP contribution in [-0.4, -0.2) is 22.1 Å². The first-order valence-corrected chi connectivity index (χ1v) is 9.85. The smallest absolute Gasteiger partial charge is 0.246 e. The monoisotopic (exact) mass is 392 g/mol. The highest BCUT2D eigenvalue weighted by Gasteiger charge is 2.57. The highest BCUT2D eigenvalue weighted by atomic mass is 19.1. The van der Waals surface area contributed by atoms with Gasteiger partial charge in [-0.25, -0.2) is 14.8 Å². The van der Waals surface area contributed by atoms with E-state index in [9.17, 15) is 9.18 Å². The number of hydrogen-bond acceptors (Lipinski definition) is 3. The van der Waals surface area contributed by atoms with Crippen molar-refractivity contribution in [3.8, 4) is 0 Å². The van der Waals surface area contributed by atoms with Crippen LogP contribution in [0.25, 0.3) is 11.0 Å². The number of hydrogen-bond donors (Lipinski definition) is 2. The molecule has 5 nitrogen and oxygen atoms in total. The maximum Gasteiger partial charge on any atom is 0.246 e. The molecule has 0 unspecified atom stereocenters. The summed E-state index contributed by atoms with van der Waals surface area (Å²) >= 11 is 0. The van der Waals surface area contributed by atoms with E-state index in [1.165, 1.54) is 18.3 Å². The number of carbonyl (C=O) groups is 1. The van der Waals surface area contributed by atoms with Gasteiger partial charge in [-0.2, -0.15) is 5.10 Å². The molecule has 1 heterocycles. The fourth-order valence-electron chi connectivity index (χ4n) is 4.40. The molecule has 0 spiro atoms. The van der Waals surface area contributed by atoms with Gasteiger partial charge in [0.05, 0.1) is 22.7 Å². The number of carbonyl (C=O) groups excluding carboxylic acids is 1. The number of benzene rings is 2. The van der Waals surface area contributed by atoms with Gasteiger partial charge in [0.1, 0.15) is 11.6 Å². The molecule has 1 amide bonds. The quantitative estimate of drug-likeness (QED) is 0.496. The Morgan fingerprint density at radius 2 is 2.03 bits per heavy atom. The minimum atomic E-state index is -0.601. The van der Waals surface area contributed by atoms with E-state index in [2.05, 4.69) is 29.4 Å². The summed E-state index contributed by atoms with van der Waals surface area (Å²) in [4.78, 5) is 21.3. The number of rotatable bonds is 4. The number of aromatic nitrogens is 2. The molecule has 0 aliphatic heterocycles. The first-order chi connectivity index (χ1) is 13.8. The molecule has 0 saturated heterocycles. The van der Waals surface area contributed by atoms with Crippen LogP contribution in [0.1, 0.15) is 50.9 Å². The first-order valence-electron chi connectivity index (χ1n) is 9.85. The number of nitrogens with zero attached hydrogens (tertiary/aromatic N) is 2. The maximum absolute atomic E-state index is 13.3. The number of H-pyrrole nitrogens is 1. The normalized spacial score (nSPS) is 23.7. The van der Waals surface area contributed by atoms with Gasteiger partial charge < -0.3 is 4.98 Å². The van der Waals surface area contributed by atoms with Crippen LogP contribution in [0.15, 0.2) is 53.6 Å². The highest BCUT2D eigenvalue weighted by Crippen LogP contribution is 2.59. The van der Waals surface area contributed by atoms with Gasteiger partial charge in [0, 0.05) is 5.92 Å². The molecule has 6 heteroatoms. The summed E-state index contributed by atoms with van der Waals surface area (Å²) in [6, 6.07) is 14.0. The molecule has 2 aromatic carbocycles. The molecule has 1 aliphatic carbocycles. The lowest BCUT2D eigenvalue weighted by atomic mass is 9.65. The van der Waals surface area contributed by atoms with Crippen LogP contribution in [0.4, 0.5) is 4.39 Å². The Kier molecular flexibility index (Phi) is 4.73. The molecular weight excluding hydrogens is 367 g/mol.